The molecule has 0 bridgehead atoms. The third-order valence-corrected chi connectivity index (χ3v) is 2.36. The van der Waals surface area contributed by atoms with Gasteiger partial charge in [0.15, 0.2) is 0 Å². The quantitative estimate of drug-likeness (QED) is 0.806. The minimum absolute atomic E-state index is 0.301. The summed E-state index contributed by atoms with van der Waals surface area (Å²) in [5.74, 6) is 0.769. The number of nitrogens with one attached hydrogen (secondary N) is 1. The van der Waals surface area contributed by atoms with Crippen molar-refractivity contribution < 1.29 is 4.74 Å². The number of benzene rings is 1. The minimum Gasteiger partial charge on any atom is -0.497 e. The third kappa shape index (κ3) is 1.70. The molecule has 4 nitrogen and oxygen atoms in total. The van der Waals surface area contributed by atoms with E-state index in [1.807, 2.05) is 13.0 Å². The fraction of sp³-hybridized carbons (Fsp3) is 0.273. The van der Waals surface area contributed by atoms with E-state index in [-0.39, 0.29) is 5.69 Å². The normalized spacial score (nSPS) is 10.5. The molecule has 1 N–H and O–H groups in total. The number of hydrogen-bond donors (Lipinski definition) is 1. The number of rotatable bonds is 2. The SMILES string of the molecule is CCc1[nH]c(=O)nc2ccc(OC)cc12. The Labute approximate surface area is 86.9 Å². The lowest BCUT2D eigenvalue weighted by Gasteiger charge is -2.05. The van der Waals surface area contributed by atoms with E-state index in [4.69, 9.17) is 4.74 Å². The predicted molar refractivity (Wildman–Crippen MR) is 58.3 cm³/mol. The summed E-state index contributed by atoms with van der Waals surface area (Å²) in [4.78, 5) is 17.8. The van der Waals surface area contributed by atoms with Crippen molar-refractivity contribution >= 4 is 10.9 Å². The maximum absolute atomic E-state index is 11.2. The highest BCUT2D eigenvalue weighted by atomic mass is 16.5. The minimum atomic E-state index is -0.301. The molecule has 0 amide bonds. The van der Waals surface area contributed by atoms with E-state index >= 15 is 0 Å². The van der Waals surface area contributed by atoms with Crippen molar-refractivity contribution in [3.8, 4) is 5.75 Å². The number of aromatic amines is 1. The van der Waals surface area contributed by atoms with E-state index in [1.165, 1.54) is 0 Å². The van der Waals surface area contributed by atoms with E-state index in [9.17, 15) is 4.79 Å². The number of aryl methyl sites for hydroxylation is 1. The highest BCUT2D eigenvalue weighted by Crippen LogP contribution is 2.20. The Bertz CT molecular complexity index is 546. The summed E-state index contributed by atoms with van der Waals surface area (Å²) in [6.07, 6.45) is 0.765. The van der Waals surface area contributed by atoms with Gasteiger partial charge in [-0.05, 0) is 24.6 Å². The van der Waals surface area contributed by atoms with Crippen molar-refractivity contribution in [2.45, 2.75) is 13.3 Å². The van der Waals surface area contributed by atoms with Crippen LogP contribution in [0.2, 0.25) is 0 Å². The maximum Gasteiger partial charge on any atom is 0.345 e. The molecule has 0 saturated carbocycles. The Morgan fingerprint density at radius 1 is 1.47 bits per heavy atom. The van der Waals surface area contributed by atoms with Crippen molar-refractivity contribution in [3.05, 3.63) is 34.4 Å². The summed E-state index contributed by atoms with van der Waals surface area (Å²) in [6, 6.07) is 5.48. The Kier molecular flexibility index (Phi) is 2.41. The molecule has 78 valence electrons. The molecule has 0 aliphatic carbocycles. The van der Waals surface area contributed by atoms with Crippen LogP contribution in [0.25, 0.3) is 10.9 Å². The first kappa shape index (κ1) is 9.71. The number of methoxy groups -OCH3 is 1. The molecule has 0 saturated heterocycles. The molecule has 0 atom stereocenters. The van der Waals surface area contributed by atoms with Gasteiger partial charge < -0.3 is 9.72 Å². The molecule has 0 radical (unpaired) electrons. The zero-order valence-electron chi connectivity index (χ0n) is 8.70. The number of fused-ring (bicyclic) bond motifs is 1. The Balaban J connectivity index is 2.79. The van der Waals surface area contributed by atoms with E-state index in [0.717, 1.165) is 23.3 Å². The molecule has 2 aromatic rings. The second-order valence-electron chi connectivity index (χ2n) is 3.26. The van der Waals surface area contributed by atoms with Gasteiger partial charge >= 0.3 is 5.69 Å². The van der Waals surface area contributed by atoms with Crippen LogP contribution < -0.4 is 10.4 Å². The third-order valence-electron chi connectivity index (χ3n) is 2.36. The van der Waals surface area contributed by atoms with Gasteiger partial charge in [-0.15, -0.1) is 0 Å². The molecule has 1 aromatic carbocycles. The number of nitrogens with zero attached hydrogens (tertiary/aromatic N) is 1. The van der Waals surface area contributed by atoms with Crippen LogP contribution in [0.1, 0.15) is 12.6 Å². The Morgan fingerprint density at radius 2 is 2.27 bits per heavy atom. The Morgan fingerprint density at radius 3 is 2.93 bits per heavy atom. The molecule has 1 heterocycles. The highest BCUT2D eigenvalue weighted by Gasteiger charge is 2.04. The largest absolute Gasteiger partial charge is 0.497 e. The first-order valence-corrected chi connectivity index (χ1v) is 4.81. The van der Waals surface area contributed by atoms with Crippen LogP contribution >= 0.6 is 0 Å². The van der Waals surface area contributed by atoms with E-state index in [1.54, 1.807) is 19.2 Å². The fourth-order valence-electron chi connectivity index (χ4n) is 1.59. The number of ether oxygens (including phenoxy) is 1. The van der Waals surface area contributed by atoms with Gasteiger partial charge in [-0.25, -0.2) is 4.79 Å². The van der Waals surface area contributed by atoms with E-state index in [2.05, 4.69) is 9.97 Å². The summed E-state index contributed by atoms with van der Waals surface area (Å²) < 4.78 is 5.13. The lowest BCUT2D eigenvalue weighted by Crippen LogP contribution is -2.12. The monoisotopic (exact) mass is 204 g/mol. The van der Waals surface area contributed by atoms with Crippen LogP contribution in [0.3, 0.4) is 0 Å². The first-order chi connectivity index (χ1) is 7.24. The van der Waals surface area contributed by atoms with Crippen LogP contribution in [0.15, 0.2) is 23.0 Å². The molecule has 0 aliphatic heterocycles. The standard InChI is InChI=1S/C11H12N2O2/c1-3-9-8-6-7(15-2)4-5-10(8)13-11(14)12-9/h4-6H,3H2,1-2H3,(H,12,13,14). The zero-order valence-corrected chi connectivity index (χ0v) is 8.70. The van der Waals surface area contributed by atoms with E-state index in [0.29, 0.717) is 5.52 Å². The van der Waals surface area contributed by atoms with Gasteiger partial charge in [0.1, 0.15) is 5.75 Å². The lowest BCUT2D eigenvalue weighted by atomic mass is 10.1. The molecular weight excluding hydrogens is 192 g/mol. The molecule has 4 heteroatoms. The van der Waals surface area contributed by atoms with Crippen LogP contribution in [0.5, 0.6) is 5.75 Å². The van der Waals surface area contributed by atoms with Crippen molar-refractivity contribution in [3.63, 3.8) is 0 Å². The van der Waals surface area contributed by atoms with Gasteiger partial charge in [-0.1, -0.05) is 6.92 Å². The van der Waals surface area contributed by atoms with Crippen molar-refractivity contribution in [1.82, 2.24) is 9.97 Å². The molecule has 0 unspecified atom stereocenters. The van der Waals surface area contributed by atoms with Crippen molar-refractivity contribution in [2.75, 3.05) is 7.11 Å². The molecule has 0 spiro atoms. The summed E-state index contributed by atoms with van der Waals surface area (Å²) in [5, 5.41) is 0.941. The molecular formula is C11H12N2O2. The average molecular weight is 204 g/mol. The van der Waals surface area contributed by atoms with Crippen molar-refractivity contribution in [1.29, 1.82) is 0 Å². The zero-order chi connectivity index (χ0) is 10.8. The smallest absolute Gasteiger partial charge is 0.345 e. The summed E-state index contributed by atoms with van der Waals surface area (Å²) in [6.45, 7) is 1.99. The highest BCUT2D eigenvalue weighted by molar-refractivity contribution is 5.82. The van der Waals surface area contributed by atoms with Crippen LogP contribution in [-0.4, -0.2) is 17.1 Å². The van der Waals surface area contributed by atoms with Gasteiger partial charge in [-0.3, -0.25) is 0 Å². The second-order valence-corrected chi connectivity index (χ2v) is 3.26. The molecule has 15 heavy (non-hydrogen) atoms. The summed E-state index contributed by atoms with van der Waals surface area (Å²) in [5.41, 5.74) is 1.30. The summed E-state index contributed by atoms with van der Waals surface area (Å²) >= 11 is 0. The Hall–Kier alpha value is -1.84. The van der Waals surface area contributed by atoms with Gasteiger partial charge in [0.05, 0.1) is 12.6 Å². The molecule has 0 fully saturated rings. The lowest BCUT2D eigenvalue weighted by molar-refractivity contribution is 0.415. The topological polar surface area (TPSA) is 55.0 Å². The predicted octanol–water partition coefficient (Wildman–Crippen LogP) is 1.49. The number of hydrogen-bond acceptors (Lipinski definition) is 3. The van der Waals surface area contributed by atoms with Gasteiger partial charge in [0.2, 0.25) is 0 Å². The van der Waals surface area contributed by atoms with Gasteiger partial charge in [-0.2, -0.15) is 4.98 Å². The maximum atomic E-state index is 11.2. The van der Waals surface area contributed by atoms with Gasteiger partial charge in [0.25, 0.3) is 0 Å². The van der Waals surface area contributed by atoms with Gasteiger partial charge in [0, 0.05) is 11.1 Å². The summed E-state index contributed by atoms with van der Waals surface area (Å²) in [7, 11) is 1.62. The second kappa shape index (κ2) is 3.73. The molecule has 0 aliphatic rings. The molecule has 2 rings (SSSR count). The first-order valence-electron chi connectivity index (χ1n) is 4.81. The van der Waals surface area contributed by atoms with Crippen LogP contribution in [0, 0.1) is 0 Å². The number of aromatic nitrogens is 2. The average Bonchev–Trinajstić information content (AvgIpc) is 2.27. The number of H-pyrrole nitrogens is 1. The van der Waals surface area contributed by atoms with Crippen molar-refractivity contribution in [2.24, 2.45) is 0 Å². The van der Waals surface area contributed by atoms with E-state index < -0.39 is 0 Å². The fourth-order valence-corrected chi connectivity index (χ4v) is 1.59. The molecule has 1 aromatic heterocycles. The van der Waals surface area contributed by atoms with Crippen LogP contribution in [-0.2, 0) is 6.42 Å². The van der Waals surface area contributed by atoms with Crippen LogP contribution in [0.4, 0.5) is 0 Å².